The summed E-state index contributed by atoms with van der Waals surface area (Å²) in [5, 5.41) is 2.91. The fourth-order valence-electron chi connectivity index (χ4n) is 3.11. The molecule has 152 valence electrons. The molecule has 30 heavy (non-hydrogen) atoms. The molecule has 0 spiro atoms. The maximum Gasteiger partial charge on any atom is 0.267 e. The summed E-state index contributed by atoms with van der Waals surface area (Å²) in [5.41, 5.74) is 4.46. The van der Waals surface area contributed by atoms with Gasteiger partial charge in [-0.15, -0.1) is 0 Å². The second-order valence-electron chi connectivity index (χ2n) is 7.88. The Balaban J connectivity index is 1.49. The van der Waals surface area contributed by atoms with Gasteiger partial charge in [0.15, 0.2) is 11.2 Å². The van der Waals surface area contributed by atoms with Crippen molar-refractivity contribution in [3.63, 3.8) is 0 Å². The lowest BCUT2D eigenvalue weighted by molar-refractivity contribution is -0.128. The number of nitrogens with zero attached hydrogens (tertiary/aromatic N) is 1. The fraction of sp³-hybridized carbons (Fsp3) is 0.200. The highest BCUT2D eigenvalue weighted by molar-refractivity contribution is 5.97. The van der Waals surface area contributed by atoms with Gasteiger partial charge in [-0.2, -0.15) is 0 Å². The highest BCUT2D eigenvalue weighted by atomic mass is 16.5. The number of benzene rings is 3. The molecule has 1 amide bonds. The Kier molecular flexibility index (Phi) is 5.04. The molecule has 0 unspecified atom stereocenters. The number of nitrogens with one attached hydrogen (secondary N) is 1. The molecule has 5 nitrogen and oxygen atoms in total. The summed E-state index contributed by atoms with van der Waals surface area (Å²) < 4.78 is 11.8. The van der Waals surface area contributed by atoms with Crippen molar-refractivity contribution in [2.75, 3.05) is 5.32 Å². The standard InChI is InChI=1S/C25H24N2O3/c1-16-14-21-22(15-17(16)2)29-23(27-21)18-10-12-19(13-11-18)26-24(28)25(3,4)30-20-8-6-5-7-9-20/h5-15H,1-4H3,(H,26,28). The molecule has 0 fully saturated rings. The first-order valence-corrected chi connectivity index (χ1v) is 9.85. The van der Waals surface area contributed by atoms with Crippen molar-refractivity contribution in [2.45, 2.75) is 33.3 Å². The normalized spacial score (nSPS) is 11.5. The first kappa shape index (κ1) is 19.7. The number of hydrogen-bond donors (Lipinski definition) is 1. The Hall–Kier alpha value is -3.60. The Labute approximate surface area is 175 Å². The summed E-state index contributed by atoms with van der Waals surface area (Å²) in [5.74, 6) is 0.974. The van der Waals surface area contributed by atoms with Crippen LogP contribution in [0.15, 0.2) is 71.1 Å². The van der Waals surface area contributed by atoms with Crippen molar-refractivity contribution < 1.29 is 13.9 Å². The Morgan fingerprint density at radius 3 is 2.33 bits per heavy atom. The average Bonchev–Trinajstić information content (AvgIpc) is 3.12. The number of carbonyl (C=O) groups excluding carboxylic acids is 1. The zero-order valence-electron chi connectivity index (χ0n) is 17.5. The molecule has 0 radical (unpaired) electrons. The Bertz CT molecular complexity index is 1150. The van der Waals surface area contributed by atoms with Gasteiger partial charge in [0.05, 0.1) is 0 Å². The van der Waals surface area contributed by atoms with Gasteiger partial charge in [0.25, 0.3) is 5.91 Å². The van der Waals surface area contributed by atoms with Crippen molar-refractivity contribution in [1.82, 2.24) is 4.98 Å². The second-order valence-corrected chi connectivity index (χ2v) is 7.88. The van der Waals surface area contributed by atoms with Crippen LogP contribution in [0, 0.1) is 13.8 Å². The molecule has 3 aromatic carbocycles. The molecule has 0 aliphatic heterocycles. The second kappa shape index (κ2) is 7.67. The fourth-order valence-corrected chi connectivity index (χ4v) is 3.11. The van der Waals surface area contributed by atoms with E-state index in [4.69, 9.17) is 9.15 Å². The molecule has 0 aliphatic carbocycles. The number of aromatic nitrogens is 1. The molecular weight excluding hydrogens is 376 g/mol. The third kappa shape index (κ3) is 4.06. The SMILES string of the molecule is Cc1cc2nc(-c3ccc(NC(=O)C(C)(C)Oc4ccccc4)cc3)oc2cc1C. The Morgan fingerprint density at radius 2 is 1.63 bits per heavy atom. The number of ether oxygens (including phenoxy) is 1. The predicted molar refractivity (Wildman–Crippen MR) is 119 cm³/mol. The molecule has 1 N–H and O–H groups in total. The lowest BCUT2D eigenvalue weighted by Gasteiger charge is -2.25. The van der Waals surface area contributed by atoms with Crippen LogP contribution in [0.2, 0.25) is 0 Å². The molecule has 5 heteroatoms. The van der Waals surface area contributed by atoms with Gasteiger partial charge in [-0.3, -0.25) is 4.79 Å². The molecule has 0 saturated carbocycles. The van der Waals surface area contributed by atoms with Crippen LogP contribution in [0.4, 0.5) is 5.69 Å². The molecule has 4 aromatic rings. The van der Waals surface area contributed by atoms with E-state index >= 15 is 0 Å². The summed E-state index contributed by atoms with van der Waals surface area (Å²) in [6.07, 6.45) is 0. The van der Waals surface area contributed by atoms with Crippen LogP contribution >= 0.6 is 0 Å². The summed E-state index contributed by atoms with van der Waals surface area (Å²) in [7, 11) is 0. The van der Waals surface area contributed by atoms with Gasteiger partial charge in [0.1, 0.15) is 11.3 Å². The van der Waals surface area contributed by atoms with Gasteiger partial charge in [-0.25, -0.2) is 4.98 Å². The minimum absolute atomic E-state index is 0.230. The van der Waals surface area contributed by atoms with Crippen LogP contribution < -0.4 is 10.1 Å². The van der Waals surface area contributed by atoms with Crippen LogP contribution in [0.5, 0.6) is 5.75 Å². The molecule has 1 aromatic heterocycles. The average molecular weight is 400 g/mol. The summed E-state index contributed by atoms with van der Waals surface area (Å²) >= 11 is 0. The maximum atomic E-state index is 12.7. The number of rotatable bonds is 5. The Morgan fingerprint density at radius 1 is 0.967 bits per heavy atom. The number of fused-ring (bicyclic) bond motifs is 1. The van der Waals surface area contributed by atoms with E-state index in [1.54, 1.807) is 13.8 Å². The number of hydrogen-bond acceptors (Lipinski definition) is 4. The van der Waals surface area contributed by atoms with Gasteiger partial charge in [-0.1, -0.05) is 18.2 Å². The number of aryl methyl sites for hydroxylation is 2. The van der Waals surface area contributed by atoms with Gasteiger partial charge in [0.2, 0.25) is 5.89 Å². The monoisotopic (exact) mass is 400 g/mol. The quantitative estimate of drug-likeness (QED) is 0.452. The van der Waals surface area contributed by atoms with E-state index in [1.165, 1.54) is 11.1 Å². The first-order valence-electron chi connectivity index (χ1n) is 9.85. The third-order valence-electron chi connectivity index (χ3n) is 5.06. The topological polar surface area (TPSA) is 64.4 Å². The number of anilines is 1. The molecule has 0 atom stereocenters. The van der Waals surface area contributed by atoms with Gasteiger partial charge in [0, 0.05) is 11.3 Å². The molecule has 0 bridgehead atoms. The van der Waals surface area contributed by atoms with E-state index in [-0.39, 0.29) is 5.91 Å². The van der Waals surface area contributed by atoms with Crippen molar-refractivity contribution in [3.05, 3.63) is 77.9 Å². The van der Waals surface area contributed by atoms with Crippen molar-refractivity contribution in [3.8, 4) is 17.2 Å². The minimum atomic E-state index is -1.02. The van der Waals surface area contributed by atoms with E-state index in [1.807, 2.05) is 66.7 Å². The van der Waals surface area contributed by atoms with Crippen molar-refractivity contribution in [1.29, 1.82) is 0 Å². The first-order chi connectivity index (χ1) is 14.3. The lowest BCUT2D eigenvalue weighted by Crippen LogP contribution is -2.42. The van der Waals surface area contributed by atoms with Crippen molar-refractivity contribution >= 4 is 22.7 Å². The minimum Gasteiger partial charge on any atom is -0.478 e. The number of oxazole rings is 1. The van der Waals surface area contributed by atoms with E-state index < -0.39 is 5.60 Å². The molecule has 1 heterocycles. The lowest BCUT2D eigenvalue weighted by atomic mass is 10.1. The number of amides is 1. The van der Waals surface area contributed by atoms with E-state index in [2.05, 4.69) is 24.1 Å². The summed E-state index contributed by atoms with van der Waals surface area (Å²) in [6, 6.07) is 20.8. The van der Waals surface area contributed by atoms with Gasteiger partial charge in [-0.05, 0) is 87.4 Å². The van der Waals surface area contributed by atoms with Crippen molar-refractivity contribution in [2.24, 2.45) is 0 Å². The molecule has 0 aliphatic rings. The van der Waals surface area contributed by atoms with Crippen LogP contribution in [-0.2, 0) is 4.79 Å². The largest absolute Gasteiger partial charge is 0.478 e. The molecule has 0 saturated heterocycles. The van der Waals surface area contributed by atoms with Crippen LogP contribution in [0.1, 0.15) is 25.0 Å². The number of para-hydroxylation sites is 1. The molecule has 4 rings (SSSR count). The smallest absolute Gasteiger partial charge is 0.267 e. The number of carbonyl (C=O) groups is 1. The highest BCUT2D eigenvalue weighted by Crippen LogP contribution is 2.27. The van der Waals surface area contributed by atoms with E-state index in [0.717, 1.165) is 16.7 Å². The van der Waals surface area contributed by atoms with Gasteiger partial charge < -0.3 is 14.5 Å². The zero-order valence-corrected chi connectivity index (χ0v) is 17.5. The summed E-state index contributed by atoms with van der Waals surface area (Å²) in [4.78, 5) is 17.3. The highest BCUT2D eigenvalue weighted by Gasteiger charge is 2.30. The van der Waals surface area contributed by atoms with Crippen LogP contribution in [0.25, 0.3) is 22.6 Å². The van der Waals surface area contributed by atoms with Crippen LogP contribution in [0.3, 0.4) is 0 Å². The third-order valence-corrected chi connectivity index (χ3v) is 5.06. The molecular formula is C25H24N2O3. The zero-order chi connectivity index (χ0) is 21.3. The predicted octanol–water partition coefficient (Wildman–Crippen LogP) is 5.91. The van der Waals surface area contributed by atoms with E-state index in [0.29, 0.717) is 17.3 Å². The van der Waals surface area contributed by atoms with Gasteiger partial charge >= 0.3 is 0 Å². The van der Waals surface area contributed by atoms with Crippen LogP contribution in [-0.4, -0.2) is 16.5 Å². The summed E-state index contributed by atoms with van der Waals surface area (Å²) in [6.45, 7) is 7.60. The van der Waals surface area contributed by atoms with E-state index in [9.17, 15) is 4.79 Å². The maximum absolute atomic E-state index is 12.7.